The molecule has 0 bridgehead atoms. The Kier molecular flexibility index (Phi) is 3.42. The maximum absolute atomic E-state index is 10.2. The monoisotopic (exact) mass is 348 g/mol. The second-order valence-corrected chi connectivity index (χ2v) is 6.63. The van der Waals surface area contributed by atoms with E-state index in [0.29, 0.717) is 5.69 Å². The van der Waals surface area contributed by atoms with Gasteiger partial charge in [-0.3, -0.25) is 0 Å². The Morgan fingerprint density at radius 3 is 2.73 bits per heavy atom. The first kappa shape index (κ1) is 15.6. The molecule has 3 rings (SSSR count). The maximum Gasteiger partial charge on any atom is 0.241 e. The zero-order chi connectivity index (χ0) is 16.3. The highest BCUT2D eigenvalue weighted by molar-refractivity contribution is 6.50. The number of ether oxygens (including phenoxy) is 1. The van der Waals surface area contributed by atoms with Crippen LogP contribution in [0, 0.1) is 0 Å². The predicted molar refractivity (Wildman–Crippen MR) is 78.8 cm³/mol. The molecule has 3 heterocycles. The van der Waals surface area contributed by atoms with E-state index in [1.165, 1.54) is 4.52 Å². The number of hydrogen-bond donors (Lipinski definition) is 4. The molecule has 0 aliphatic carbocycles. The first-order valence-electron chi connectivity index (χ1n) is 6.41. The summed E-state index contributed by atoms with van der Waals surface area (Å²) in [7, 11) is 0. The van der Waals surface area contributed by atoms with E-state index in [9.17, 15) is 15.3 Å². The molecule has 0 aromatic carbocycles. The minimum absolute atomic E-state index is 0.155. The van der Waals surface area contributed by atoms with Gasteiger partial charge < -0.3 is 25.8 Å². The number of aliphatic hydroxyl groups is 2. The number of fused-ring (bicyclic) bond motifs is 1. The molecule has 0 radical (unpaired) electrons. The Balaban J connectivity index is 2.22. The highest BCUT2D eigenvalue weighted by atomic mass is 35.5. The van der Waals surface area contributed by atoms with Gasteiger partial charge >= 0.3 is 0 Å². The van der Waals surface area contributed by atoms with Crippen molar-refractivity contribution in [3.63, 3.8) is 0 Å². The molecule has 3 atom stereocenters. The van der Waals surface area contributed by atoms with Crippen molar-refractivity contribution in [2.75, 3.05) is 12.3 Å². The van der Waals surface area contributed by atoms with Crippen molar-refractivity contribution < 1.29 is 20.1 Å². The van der Waals surface area contributed by atoms with E-state index >= 15 is 0 Å². The third-order valence-electron chi connectivity index (χ3n) is 3.92. The van der Waals surface area contributed by atoms with Gasteiger partial charge in [-0.05, 0) is 19.1 Å². The minimum atomic E-state index is -1.75. The molecule has 0 spiro atoms. The lowest BCUT2D eigenvalue weighted by atomic mass is 9.95. The normalized spacial score (nSPS) is 31.0. The number of rotatable bonds is 2. The number of aromatic hydroxyl groups is 1. The molecule has 1 unspecified atom stereocenters. The number of nitrogens with two attached hydrogens (primary N) is 1. The summed E-state index contributed by atoms with van der Waals surface area (Å²) in [5, 5.41) is 33.3. The average molecular weight is 349 g/mol. The Labute approximate surface area is 135 Å². The molecular formula is C12H14Cl2N4O4. The van der Waals surface area contributed by atoms with Gasteiger partial charge in [-0.1, -0.05) is 23.2 Å². The van der Waals surface area contributed by atoms with Crippen molar-refractivity contribution in [1.82, 2.24) is 14.6 Å². The van der Waals surface area contributed by atoms with Gasteiger partial charge in [-0.15, -0.1) is 5.10 Å². The second-order valence-electron chi connectivity index (χ2n) is 5.25. The van der Waals surface area contributed by atoms with Crippen LogP contribution in [0.1, 0.15) is 12.6 Å². The van der Waals surface area contributed by atoms with Crippen LogP contribution in [0.3, 0.4) is 0 Å². The number of nitrogen functional groups attached to an aromatic ring is 1. The number of halogens is 2. The highest BCUT2D eigenvalue weighted by Gasteiger charge is 2.63. The molecule has 22 heavy (non-hydrogen) atoms. The van der Waals surface area contributed by atoms with Gasteiger partial charge in [-0.2, -0.15) is 4.98 Å². The summed E-state index contributed by atoms with van der Waals surface area (Å²) >= 11 is 12.6. The molecule has 1 saturated heterocycles. The fourth-order valence-corrected chi connectivity index (χ4v) is 3.25. The number of aromatic nitrogens is 3. The van der Waals surface area contributed by atoms with Crippen molar-refractivity contribution in [3.8, 4) is 5.88 Å². The van der Waals surface area contributed by atoms with Crippen LogP contribution in [0.4, 0.5) is 5.95 Å². The lowest BCUT2D eigenvalue weighted by Gasteiger charge is -2.33. The van der Waals surface area contributed by atoms with Crippen LogP contribution in [-0.2, 0) is 10.3 Å². The van der Waals surface area contributed by atoms with Gasteiger partial charge in [0.25, 0.3) is 0 Å². The summed E-state index contributed by atoms with van der Waals surface area (Å²) in [6, 6.07) is 3.12. The summed E-state index contributed by atoms with van der Waals surface area (Å²) < 4.78 is 5.24. The van der Waals surface area contributed by atoms with Gasteiger partial charge in [-0.25, -0.2) is 4.52 Å². The summed E-state index contributed by atoms with van der Waals surface area (Å²) in [6.07, 6.45) is -2.28. The lowest BCUT2D eigenvalue weighted by molar-refractivity contribution is -0.0703. The van der Waals surface area contributed by atoms with Gasteiger partial charge in [0.2, 0.25) is 11.8 Å². The smallest absolute Gasteiger partial charge is 0.241 e. The molecular weight excluding hydrogens is 335 g/mol. The number of nitrogens with zero attached hydrogens (tertiary/aromatic N) is 3. The standard InChI is InChI=1S/C12H14Cl2N4O4/c1-11(12(13,14)8(20)6(4-19)22-11)7-3-2-5-9(21)16-10(15)17-18(5)7/h2-3,6,8,19-20H,4H2,1H3,(H3,15,16,17,21)/t6-,8+,11?/m1/s1. The first-order valence-corrected chi connectivity index (χ1v) is 7.17. The minimum Gasteiger partial charge on any atom is -0.492 e. The van der Waals surface area contributed by atoms with Crippen LogP contribution < -0.4 is 5.73 Å². The van der Waals surface area contributed by atoms with E-state index in [4.69, 9.17) is 33.7 Å². The van der Waals surface area contributed by atoms with E-state index in [1.54, 1.807) is 19.1 Å². The van der Waals surface area contributed by atoms with Crippen molar-refractivity contribution in [3.05, 3.63) is 17.8 Å². The van der Waals surface area contributed by atoms with Crippen LogP contribution in [0.5, 0.6) is 5.88 Å². The lowest BCUT2D eigenvalue weighted by Crippen LogP contribution is -2.44. The van der Waals surface area contributed by atoms with Crippen LogP contribution in [-0.4, -0.2) is 53.1 Å². The SMILES string of the molecule is CC1(c2ccc3c(O)nc(N)nn23)O[C@H](CO)[C@H](O)C1(Cl)Cl. The van der Waals surface area contributed by atoms with Gasteiger partial charge in [0.05, 0.1) is 12.3 Å². The van der Waals surface area contributed by atoms with Gasteiger partial charge in [0, 0.05) is 0 Å². The molecule has 0 amide bonds. The Hall–Kier alpha value is -1.32. The number of anilines is 1. The number of aliphatic hydroxyl groups excluding tert-OH is 2. The summed E-state index contributed by atoms with van der Waals surface area (Å²) in [6.45, 7) is 1.10. The summed E-state index contributed by atoms with van der Waals surface area (Å²) in [5.74, 6) is -0.465. The molecule has 2 aromatic heterocycles. The number of alkyl halides is 2. The largest absolute Gasteiger partial charge is 0.492 e. The van der Waals surface area contributed by atoms with Crippen LogP contribution in [0.25, 0.3) is 5.52 Å². The van der Waals surface area contributed by atoms with E-state index in [1.807, 2.05) is 0 Å². The third-order valence-corrected chi connectivity index (χ3v) is 5.09. The molecule has 1 fully saturated rings. The van der Waals surface area contributed by atoms with Crippen LogP contribution in [0.2, 0.25) is 0 Å². The number of hydrogen-bond acceptors (Lipinski definition) is 7. The predicted octanol–water partition coefficient (Wildman–Crippen LogP) is 0.158. The quantitative estimate of drug-likeness (QED) is 0.569. The molecule has 0 saturated carbocycles. The first-order chi connectivity index (χ1) is 10.2. The Morgan fingerprint density at radius 2 is 2.14 bits per heavy atom. The zero-order valence-electron chi connectivity index (χ0n) is 11.4. The van der Waals surface area contributed by atoms with Crippen molar-refractivity contribution >= 4 is 34.7 Å². The van der Waals surface area contributed by atoms with E-state index < -0.39 is 28.7 Å². The fraction of sp³-hybridized carbons (Fsp3) is 0.500. The molecule has 1 aliphatic heterocycles. The highest BCUT2D eigenvalue weighted by Crippen LogP contribution is 2.53. The van der Waals surface area contributed by atoms with Crippen LogP contribution in [0.15, 0.2) is 12.1 Å². The fourth-order valence-electron chi connectivity index (χ4n) is 2.69. The Bertz CT molecular complexity index is 737. The average Bonchev–Trinajstić information content (AvgIpc) is 2.93. The topological polar surface area (TPSA) is 126 Å². The van der Waals surface area contributed by atoms with Gasteiger partial charge in [0.15, 0.2) is 4.33 Å². The van der Waals surface area contributed by atoms with Gasteiger partial charge in [0.1, 0.15) is 23.3 Å². The molecule has 5 N–H and O–H groups in total. The van der Waals surface area contributed by atoms with E-state index in [2.05, 4.69) is 10.1 Å². The summed E-state index contributed by atoms with van der Waals surface area (Å²) in [4.78, 5) is 3.65. The zero-order valence-corrected chi connectivity index (χ0v) is 13.0. The molecule has 2 aromatic rings. The third kappa shape index (κ3) is 1.88. The van der Waals surface area contributed by atoms with Crippen molar-refractivity contribution in [2.24, 2.45) is 0 Å². The Morgan fingerprint density at radius 1 is 1.45 bits per heavy atom. The molecule has 8 nitrogen and oxygen atoms in total. The van der Waals surface area contributed by atoms with E-state index in [0.717, 1.165) is 0 Å². The van der Waals surface area contributed by atoms with Crippen LogP contribution >= 0.6 is 23.2 Å². The van der Waals surface area contributed by atoms with E-state index in [-0.39, 0.29) is 17.3 Å². The second kappa shape index (κ2) is 4.84. The molecule has 10 heteroatoms. The van der Waals surface area contributed by atoms with Crippen molar-refractivity contribution in [2.45, 2.75) is 29.1 Å². The van der Waals surface area contributed by atoms with Crippen molar-refractivity contribution in [1.29, 1.82) is 0 Å². The summed E-state index contributed by atoms with van der Waals surface area (Å²) in [5.41, 5.74) is 4.77. The molecule has 1 aliphatic rings. The molecule has 120 valence electrons. The maximum atomic E-state index is 10.2.